The van der Waals surface area contributed by atoms with Crippen LogP contribution >= 0.6 is 15.9 Å². The van der Waals surface area contributed by atoms with E-state index in [4.69, 9.17) is 0 Å². The molecule has 0 radical (unpaired) electrons. The SMILES string of the molecule is CC1(C)C=Nc2c(Br)cccc2C1. The van der Waals surface area contributed by atoms with Crippen molar-refractivity contribution in [1.29, 1.82) is 0 Å². The van der Waals surface area contributed by atoms with E-state index in [0.29, 0.717) is 0 Å². The van der Waals surface area contributed by atoms with Gasteiger partial charge in [0, 0.05) is 16.1 Å². The van der Waals surface area contributed by atoms with E-state index < -0.39 is 0 Å². The molecule has 1 nitrogen and oxygen atoms in total. The molecule has 0 unspecified atom stereocenters. The average Bonchev–Trinajstić information content (AvgIpc) is 2.02. The third-order valence-corrected chi connectivity index (χ3v) is 2.90. The van der Waals surface area contributed by atoms with E-state index in [1.165, 1.54) is 5.56 Å². The molecule has 2 heteroatoms. The zero-order chi connectivity index (χ0) is 9.47. The molecule has 0 fully saturated rings. The van der Waals surface area contributed by atoms with Crippen LogP contribution in [0.5, 0.6) is 0 Å². The largest absolute Gasteiger partial charge is 0.259 e. The predicted molar refractivity (Wildman–Crippen MR) is 59.8 cm³/mol. The highest BCUT2D eigenvalue weighted by molar-refractivity contribution is 9.10. The maximum absolute atomic E-state index is 4.47. The fourth-order valence-electron chi connectivity index (χ4n) is 1.62. The number of para-hydroxylation sites is 1. The molecule has 2 rings (SSSR count). The summed E-state index contributed by atoms with van der Waals surface area (Å²) in [6.07, 6.45) is 3.12. The maximum Gasteiger partial charge on any atom is 0.0800 e. The second kappa shape index (κ2) is 2.95. The molecule has 1 aliphatic heterocycles. The van der Waals surface area contributed by atoms with Crippen LogP contribution in [-0.2, 0) is 6.42 Å². The van der Waals surface area contributed by atoms with Gasteiger partial charge in [-0.2, -0.15) is 0 Å². The molecule has 13 heavy (non-hydrogen) atoms. The van der Waals surface area contributed by atoms with Gasteiger partial charge in [-0.1, -0.05) is 26.0 Å². The molecule has 0 saturated heterocycles. The molecule has 1 aliphatic rings. The van der Waals surface area contributed by atoms with Crippen molar-refractivity contribution in [3.63, 3.8) is 0 Å². The van der Waals surface area contributed by atoms with E-state index in [1.807, 2.05) is 12.3 Å². The summed E-state index contributed by atoms with van der Waals surface area (Å²) >= 11 is 3.51. The third kappa shape index (κ3) is 1.68. The fourth-order valence-corrected chi connectivity index (χ4v) is 2.13. The topological polar surface area (TPSA) is 12.4 Å². The molecule has 0 spiro atoms. The van der Waals surface area contributed by atoms with Crippen molar-refractivity contribution in [3.8, 4) is 0 Å². The lowest BCUT2D eigenvalue weighted by Crippen LogP contribution is -2.19. The highest BCUT2D eigenvalue weighted by atomic mass is 79.9. The van der Waals surface area contributed by atoms with Gasteiger partial charge in [0.15, 0.2) is 0 Å². The van der Waals surface area contributed by atoms with E-state index >= 15 is 0 Å². The van der Waals surface area contributed by atoms with Crippen molar-refractivity contribution < 1.29 is 0 Å². The minimum Gasteiger partial charge on any atom is -0.259 e. The summed E-state index contributed by atoms with van der Waals surface area (Å²) in [6.45, 7) is 4.42. The highest BCUT2D eigenvalue weighted by Gasteiger charge is 2.22. The Hall–Kier alpha value is -0.630. The van der Waals surface area contributed by atoms with E-state index in [2.05, 4.69) is 46.9 Å². The summed E-state index contributed by atoms with van der Waals surface area (Å²) in [4.78, 5) is 4.47. The third-order valence-electron chi connectivity index (χ3n) is 2.26. The van der Waals surface area contributed by atoms with Crippen LogP contribution in [0.2, 0.25) is 0 Å². The van der Waals surface area contributed by atoms with Gasteiger partial charge in [-0.05, 0) is 34.0 Å². The van der Waals surface area contributed by atoms with E-state index in [1.54, 1.807) is 0 Å². The molecule has 0 aromatic heterocycles. The van der Waals surface area contributed by atoms with Crippen LogP contribution in [0.25, 0.3) is 0 Å². The number of halogens is 1. The van der Waals surface area contributed by atoms with Crippen molar-refractivity contribution in [2.24, 2.45) is 10.4 Å². The zero-order valence-electron chi connectivity index (χ0n) is 7.84. The summed E-state index contributed by atoms with van der Waals surface area (Å²) in [5, 5.41) is 0. The molecule has 1 heterocycles. The number of nitrogens with zero attached hydrogens (tertiary/aromatic N) is 1. The Bertz CT molecular complexity index is 366. The van der Waals surface area contributed by atoms with Gasteiger partial charge in [-0.25, -0.2) is 0 Å². The lowest BCUT2D eigenvalue weighted by molar-refractivity contribution is 0.527. The molecule has 0 atom stereocenters. The minimum atomic E-state index is 0.202. The van der Waals surface area contributed by atoms with Crippen LogP contribution in [0.3, 0.4) is 0 Å². The van der Waals surface area contributed by atoms with Crippen LogP contribution in [0, 0.1) is 5.41 Å². The van der Waals surface area contributed by atoms with E-state index in [0.717, 1.165) is 16.6 Å². The van der Waals surface area contributed by atoms with E-state index in [9.17, 15) is 0 Å². The molecular weight excluding hydrogens is 226 g/mol. The molecule has 0 N–H and O–H groups in total. The summed E-state index contributed by atoms with van der Waals surface area (Å²) in [5.74, 6) is 0. The molecule has 0 saturated carbocycles. The molecule has 1 aromatic carbocycles. The molecule has 1 aromatic rings. The number of benzene rings is 1. The summed E-state index contributed by atoms with van der Waals surface area (Å²) < 4.78 is 1.09. The van der Waals surface area contributed by atoms with Gasteiger partial charge < -0.3 is 0 Å². The van der Waals surface area contributed by atoms with Crippen LogP contribution in [0.4, 0.5) is 5.69 Å². The lowest BCUT2D eigenvalue weighted by Gasteiger charge is -2.25. The Morgan fingerprint density at radius 2 is 2.15 bits per heavy atom. The van der Waals surface area contributed by atoms with Gasteiger partial charge in [-0.15, -0.1) is 0 Å². The Kier molecular flexibility index (Phi) is 2.03. The Balaban J connectivity index is 2.53. The number of rotatable bonds is 0. The van der Waals surface area contributed by atoms with E-state index in [-0.39, 0.29) is 5.41 Å². The zero-order valence-corrected chi connectivity index (χ0v) is 9.43. The lowest BCUT2D eigenvalue weighted by atomic mass is 9.84. The standard InChI is InChI=1S/C11H12BrN/c1-11(2)6-8-4-3-5-9(12)10(8)13-7-11/h3-5,7H,6H2,1-2H3. The van der Waals surface area contributed by atoms with Crippen molar-refractivity contribution in [1.82, 2.24) is 0 Å². The van der Waals surface area contributed by atoms with Crippen molar-refractivity contribution >= 4 is 27.8 Å². The summed E-state index contributed by atoms with van der Waals surface area (Å²) in [5.41, 5.74) is 2.64. The Morgan fingerprint density at radius 1 is 1.38 bits per heavy atom. The van der Waals surface area contributed by atoms with Crippen molar-refractivity contribution in [2.45, 2.75) is 20.3 Å². The fraction of sp³-hybridized carbons (Fsp3) is 0.364. The Labute approximate surface area is 87.0 Å². The van der Waals surface area contributed by atoms with Crippen LogP contribution in [0.15, 0.2) is 27.7 Å². The first kappa shape index (κ1) is 8.95. The Morgan fingerprint density at radius 3 is 2.92 bits per heavy atom. The molecule has 0 amide bonds. The smallest absolute Gasteiger partial charge is 0.0800 e. The van der Waals surface area contributed by atoms with Gasteiger partial charge in [0.2, 0.25) is 0 Å². The summed E-state index contributed by atoms with van der Waals surface area (Å²) in [6, 6.07) is 6.26. The predicted octanol–water partition coefficient (Wildman–Crippen LogP) is 3.73. The van der Waals surface area contributed by atoms with Gasteiger partial charge in [0.05, 0.1) is 5.69 Å². The number of aliphatic imine (C=N–C) groups is 1. The van der Waals surface area contributed by atoms with Crippen LogP contribution in [-0.4, -0.2) is 6.21 Å². The van der Waals surface area contributed by atoms with Gasteiger partial charge in [0.1, 0.15) is 0 Å². The first-order chi connectivity index (χ1) is 6.08. The molecule has 0 aliphatic carbocycles. The monoisotopic (exact) mass is 237 g/mol. The van der Waals surface area contributed by atoms with Crippen LogP contribution < -0.4 is 0 Å². The molecular formula is C11H12BrN. The molecule has 0 bridgehead atoms. The minimum absolute atomic E-state index is 0.202. The number of hydrogen-bond donors (Lipinski definition) is 0. The molecule has 68 valence electrons. The highest BCUT2D eigenvalue weighted by Crippen LogP contribution is 2.36. The van der Waals surface area contributed by atoms with Gasteiger partial charge in [-0.3, -0.25) is 4.99 Å². The first-order valence-electron chi connectivity index (χ1n) is 4.41. The quantitative estimate of drug-likeness (QED) is 0.653. The average molecular weight is 238 g/mol. The summed E-state index contributed by atoms with van der Waals surface area (Å²) in [7, 11) is 0. The normalized spacial score (nSPS) is 18.4. The second-order valence-electron chi connectivity index (χ2n) is 4.17. The number of hydrogen-bond acceptors (Lipinski definition) is 1. The first-order valence-corrected chi connectivity index (χ1v) is 5.20. The maximum atomic E-state index is 4.47. The van der Waals surface area contributed by atoms with Crippen molar-refractivity contribution in [2.75, 3.05) is 0 Å². The van der Waals surface area contributed by atoms with Gasteiger partial charge in [0.25, 0.3) is 0 Å². The van der Waals surface area contributed by atoms with Gasteiger partial charge >= 0.3 is 0 Å². The second-order valence-corrected chi connectivity index (χ2v) is 5.03. The van der Waals surface area contributed by atoms with Crippen molar-refractivity contribution in [3.05, 3.63) is 28.2 Å². The van der Waals surface area contributed by atoms with Crippen LogP contribution in [0.1, 0.15) is 19.4 Å². The number of fused-ring (bicyclic) bond motifs is 1.